The molecule has 0 radical (unpaired) electrons. The van der Waals surface area contributed by atoms with Gasteiger partial charge in [0.25, 0.3) is 0 Å². The van der Waals surface area contributed by atoms with Crippen LogP contribution in [-0.4, -0.2) is 0 Å². The Morgan fingerprint density at radius 2 is 1.69 bits per heavy atom. The second-order valence-corrected chi connectivity index (χ2v) is 5.34. The quantitative estimate of drug-likeness (QED) is 0.449. The van der Waals surface area contributed by atoms with Gasteiger partial charge in [0.05, 0.1) is 0 Å². The van der Waals surface area contributed by atoms with Crippen molar-refractivity contribution in [2.24, 2.45) is 5.92 Å². The van der Waals surface area contributed by atoms with Crippen LogP contribution in [0.1, 0.15) is 73.1 Å². The summed E-state index contributed by atoms with van der Waals surface area (Å²) < 4.78 is 0. The first-order chi connectivity index (χ1) is 7.56. The molecule has 0 aliphatic rings. The average molecular weight is 222 g/mol. The maximum atomic E-state index is 2.44. The summed E-state index contributed by atoms with van der Waals surface area (Å²) in [5.41, 5.74) is 2.99. The molecule has 0 heteroatoms. The molecule has 0 N–H and O–H groups in total. The number of hydrogen-bond donors (Lipinski definition) is 0. The topological polar surface area (TPSA) is 0 Å². The van der Waals surface area contributed by atoms with E-state index >= 15 is 0 Å². The van der Waals surface area contributed by atoms with Crippen LogP contribution >= 0.6 is 0 Å². The van der Waals surface area contributed by atoms with Crippen molar-refractivity contribution in [1.82, 2.24) is 0 Å². The molecule has 0 nitrogen and oxygen atoms in total. The molecule has 94 valence electrons. The van der Waals surface area contributed by atoms with E-state index < -0.39 is 0 Å². The highest BCUT2D eigenvalue weighted by molar-refractivity contribution is 5.02. The molecule has 0 aromatic rings. The van der Waals surface area contributed by atoms with Gasteiger partial charge in [-0.15, -0.1) is 0 Å². The molecule has 0 heterocycles. The van der Waals surface area contributed by atoms with Crippen LogP contribution in [-0.2, 0) is 0 Å². The predicted molar refractivity (Wildman–Crippen MR) is 75.7 cm³/mol. The molecule has 0 aromatic carbocycles. The fourth-order valence-electron chi connectivity index (χ4n) is 1.94. The van der Waals surface area contributed by atoms with Crippen molar-refractivity contribution in [2.75, 3.05) is 0 Å². The Hall–Kier alpha value is -0.520. The second-order valence-electron chi connectivity index (χ2n) is 5.34. The van der Waals surface area contributed by atoms with Crippen molar-refractivity contribution in [2.45, 2.75) is 73.1 Å². The normalized spacial score (nSPS) is 13.7. The first kappa shape index (κ1) is 15.5. The van der Waals surface area contributed by atoms with Crippen LogP contribution in [0.3, 0.4) is 0 Å². The lowest BCUT2D eigenvalue weighted by Crippen LogP contribution is -1.92. The molecule has 0 rings (SSSR count). The fraction of sp³-hybridized carbons (Fsp3) is 0.750. The van der Waals surface area contributed by atoms with Crippen LogP contribution in [0.5, 0.6) is 0 Å². The molecule has 0 bridgehead atoms. The highest BCUT2D eigenvalue weighted by Gasteiger charge is 1.98. The van der Waals surface area contributed by atoms with E-state index in [9.17, 15) is 0 Å². The maximum Gasteiger partial charge on any atom is -0.0288 e. The molecule has 0 saturated carbocycles. The Balaban J connectivity index is 3.66. The van der Waals surface area contributed by atoms with Gasteiger partial charge in [-0.3, -0.25) is 0 Å². The molecule has 0 spiro atoms. The van der Waals surface area contributed by atoms with Crippen molar-refractivity contribution in [1.29, 1.82) is 0 Å². The van der Waals surface area contributed by atoms with E-state index in [0.717, 1.165) is 5.92 Å². The maximum absolute atomic E-state index is 2.44. The zero-order chi connectivity index (χ0) is 12.4. The van der Waals surface area contributed by atoms with Gasteiger partial charge in [-0.05, 0) is 52.4 Å². The van der Waals surface area contributed by atoms with Crippen LogP contribution in [0.4, 0.5) is 0 Å². The van der Waals surface area contributed by atoms with Gasteiger partial charge in [-0.2, -0.15) is 0 Å². The first-order valence-electron chi connectivity index (χ1n) is 6.85. The van der Waals surface area contributed by atoms with Gasteiger partial charge in [0.2, 0.25) is 0 Å². The van der Waals surface area contributed by atoms with Crippen molar-refractivity contribution in [3.63, 3.8) is 0 Å². The molecule has 1 unspecified atom stereocenters. The molecule has 0 aromatic heterocycles. The van der Waals surface area contributed by atoms with Crippen LogP contribution < -0.4 is 0 Å². The number of hydrogen-bond acceptors (Lipinski definition) is 0. The smallest absolute Gasteiger partial charge is 0.0288 e. The largest absolute Gasteiger partial charge is 0.0856 e. The molecule has 0 saturated heterocycles. The minimum Gasteiger partial charge on any atom is -0.0856 e. The van der Waals surface area contributed by atoms with E-state index in [1.54, 1.807) is 5.57 Å². The van der Waals surface area contributed by atoms with Gasteiger partial charge in [-0.25, -0.2) is 0 Å². The van der Waals surface area contributed by atoms with Gasteiger partial charge in [0.1, 0.15) is 0 Å². The molecule has 0 fully saturated rings. The Morgan fingerprint density at radius 1 is 1.00 bits per heavy atom. The van der Waals surface area contributed by atoms with Gasteiger partial charge >= 0.3 is 0 Å². The Labute approximate surface area is 103 Å². The van der Waals surface area contributed by atoms with E-state index in [-0.39, 0.29) is 0 Å². The lowest BCUT2D eigenvalue weighted by Gasteiger charge is -2.07. The Morgan fingerprint density at radius 3 is 2.25 bits per heavy atom. The zero-order valence-corrected chi connectivity index (χ0v) is 12.0. The lowest BCUT2D eigenvalue weighted by atomic mass is 9.99. The third-order valence-electron chi connectivity index (χ3n) is 3.03. The van der Waals surface area contributed by atoms with Crippen molar-refractivity contribution in [3.8, 4) is 0 Å². The zero-order valence-electron chi connectivity index (χ0n) is 12.0. The van der Waals surface area contributed by atoms with Gasteiger partial charge < -0.3 is 0 Å². The van der Waals surface area contributed by atoms with E-state index in [1.165, 1.54) is 44.1 Å². The summed E-state index contributed by atoms with van der Waals surface area (Å²) in [5.74, 6) is 0.895. The van der Waals surface area contributed by atoms with Crippen LogP contribution in [0.15, 0.2) is 23.3 Å². The predicted octanol–water partition coefficient (Wildman–Crippen LogP) is 5.90. The second kappa shape index (κ2) is 9.69. The minimum atomic E-state index is 0.895. The van der Waals surface area contributed by atoms with Gasteiger partial charge in [-0.1, -0.05) is 50.0 Å². The third kappa shape index (κ3) is 10.0. The number of allylic oxidation sites excluding steroid dienone is 4. The highest BCUT2D eigenvalue weighted by atomic mass is 14.0. The van der Waals surface area contributed by atoms with Gasteiger partial charge in [0.15, 0.2) is 0 Å². The average Bonchev–Trinajstić information content (AvgIpc) is 2.17. The summed E-state index contributed by atoms with van der Waals surface area (Å²) in [6.45, 7) is 11.3. The van der Waals surface area contributed by atoms with Crippen molar-refractivity contribution < 1.29 is 0 Å². The summed E-state index contributed by atoms with van der Waals surface area (Å²) in [6.07, 6.45) is 12.5. The van der Waals surface area contributed by atoms with Crippen LogP contribution in [0.25, 0.3) is 0 Å². The summed E-state index contributed by atoms with van der Waals surface area (Å²) in [4.78, 5) is 0. The molecule has 1 atom stereocenters. The van der Waals surface area contributed by atoms with E-state index in [4.69, 9.17) is 0 Å². The van der Waals surface area contributed by atoms with Gasteiger partial charge in [0, 0.05) is 0 Å². The monoisotopic (exact) mass is 222 g/mol. The minimum absolute atomic E-state index is 0.895. The molecule has 0 aliphatic carbocycles. The molecular formula is C16H30. The molecule has 16 heavy (non-hydrogen) atoms. The first-order valence-corrected chi connectivity index (χ1v) is 6.85. The van der Waals surface area contributed by atoms with E-state index in [1.807, 2.05) is 0 Å². The number of rotatable bonds is 8. The summed E-state index contributed by atoms with van der Waals surface area (Å²) in [6, 6.07) is 0. The van der Waals surface area contributed by atoms with E-state index in [2.05, 4.69) is 46.8 Å². The standard InChI is InChI=1S/C16H30/c1-6-9-15(4)12-8-13-16(5)11-7-10-14(2)3/h10,13,15H,6-9,11-12H2,1-5H3/b16-13+. The molecular weight excluding hydrogens is 192 g/mol. The van der Waals surface area contributed by atoms with Crippen LogP contribution in [0, 0.1) is 5.92 Å². The van der Waals surface area contributed by atoms with Crippen molar-refractivity contribution in [3.05, 3.63) is 23.3 Å². The van der Waals surface area contributed by atoms with Crippen LogP contribution in [0.2, 0.25) is 0 Å². The summed E-state index contributed by atoms with van der Waals surface area (Å²) in [7, 11) is 0. The Bertz CT molecular complexity index is 216. The van der Waals surface area contributed by atoms with Crippen molar-refractivity contribution >= 4 is 0 Å². The lowest BCUT2D eigenvalue weighted by molar-refractivity contribution is 0.490. The van der Waals surface area contributed by atoms with E-state index in [0.29, 0.717) is 0 Å². The molecule has 0 amide bonds. The fourth-order valence-corrected chi connectivity index (χ4v) is 1.94. The summed E-state index contributed by atoms with van der Waals surface area (Å²) >= 11 is 0. The Kier molecular flexibility index (Phi) is 9.37. The molecule has 0 aliphatic heterocycles. The third-order valence-corrected chi connectivity index (χ3v) is 3.03. The summed E-state index contributed by atoms with van der Waals surface area (Å²) in [5, 5.41) is 0. The SMILES string of the molecule is CCCC(C)CC/C=C(\C)CCC=C(C)C. The highest BCUT2D eigenvalue weighted by Crippen LogP contribution is 2.15.